The van der Waals surface area contributed by atoms with E-state index in [0.717, 1.165) is 17.9 Å². The maximum atomic E-state index is 12.3. The van der Waals surface area contributed by atoms with E-state index in [-0.39, 0.29) is 5.91 Å². The van der Waals surface area contributed by atoms with Gasteiger partial charge in [0.05, 0.1) is 20.8 Å². The van der Waals surface area contributed by atoms with E-state index in [1.807, 2.05) is 19.1 Å². The molecule has 0 unspecified atom stereocenters. The van der Waals surface area contributed by atoms with Gasteiger partial charge in [0, 0.05) is 16.9 Å². The molecule has 1 aliphatic rings. The molecule has 1 amide bonds. The topological polar surface area (TPSA) is 59.9 Å². The number of rotatable bonds is 4. The van der Waals surface area contributed by atoms with Gasteiger partial charge in [0.15, 0.2) is 16.7 Å². The number of aliphatic imine (C=N–C) groups is 1. The average Bonchev–Trinajstić information content (AvgIpc) is 2.99. The van der Waals surface area contributed by atoms with E-state index in [4.69, 9.17) is 9.47 Å². The lowest BCUT2D eigenvalue weighted by Crippen LogP contribution is -2.27. The summed E-state index contributed by atoms with van der Waals surface area (Å²) in [4.78, 5) is 16.5. The van der Waals surface area contributed by atoms with Gasteiger partial charge < -0.3 is 14.8 Å². The number of amides is 1. The molecule has 0 aliphatic carbocycles. The van der Waals surface area contributed by atoms with Crippen molar-refractivity contribution in [1.29, 1.82) is 0 Å². The molecular weight excluding hydrogens is 288 g/mol. The maximum Gasteiger partial charge on any atom is 0.257 e. The minimum atomic E-state index is -0.199. The summed E-state index contributed by atoms with van der Waals surface area (Å²) in [5.41, 5.74) is 1.31. The summed E-state index contributed by atoms with van der Waals surface area (Å²) in [5, 5.41) is 3.48. The van der Waals surface area contributed by atoms with Crippen molar-refractivity contribution in [2.75, 3.05) is 26.5 Å². The highest BCUT2D eigenvalue weighted by atomic mass is 32.2. The normalized spacial score (nSPS) is 14.1. The molecule has 1 aliphatic heterocycles. The van der Waals surface area contributed by atoms with Gasteiger partial charge in [-0.15, -0.1) is 0 Å². The van der Waals surface area contributed by atoms with Gasteiger partial charge in [0.2, 0.25) is 0 Å². The van der Waals surface area contributed by atoms with E-state index in [1.165, 1.54) is 0 Å². The van der Waals surface area contributed by atoms with E-state index >= 15 is 0 Å². The molecule has 0 bridgehead atoms. The van der Waals surface area contributed by atoms with Crippen molar-refractivity contribution in [3.05, 3.63) is 29.3 Å². The first-order valence-corrected chi connectivity index (χ1v) is 7.55. The van der Waals surface area contributed by atoms with E-state index < -0.39 is 0 Å². The fourth-order valence-electron chi connectivity index (χ4n) is 2.01. The van der Waals surface area contributed by atoms with Crippen molar-refractivity contribution in [2.24, 2.45) is 4.99 Å². The van der Waals surface area contributed by atoms with Gasteiger partial charge in [0.1, 0.15) is 0 Å². The lowest BCUT2D eigenvalue weighted by Gasteiger charge is -2.13. The average molecular weight is 306 g/mol. The lowest BCUT2D eigenvalue weighted by atomic mass is 10.1. The molecule has 0 radical (unpaired) electrons. The number of allylic oxidation sites excluding steroid dienone is 1. The van der Waals surface area contributed by atoms with Crippen LogP contribution in [0.15, 0.2) is 23.2 Å². The van der Waals surface area contributed by atoms with Gasteiger partial charge in [-0.2, -0.15) is 0 Å². The maximum absolute atomic E-state index is 12.3. The smallest absolute Gasteiger partial charge is 0.257 e. The molecule has 1 aromatic rings. The minimum Gasteiger partial charge on any atom is -0.493 e. The molecular formula is C15H18N2O3S. The Morgan fingerprint density at radius 1 is 1.38 bits per heavy atom. The van der Waals surface area contributed by atoms with Gasteiger partial charge in [-0.1, -0.05) is 23.9 Å². The van der Waals surface area contributed by atoms with Crippen LogP contribution in [0.1, 0.15) is 22.8 Å². The number of hydrogen-bond acceptors (Lipinski definition) is 5. The number of ether oxygens (including phenoxy) is 2. The van der Waals surface area contributed by atoms with E-state index in [2.05, 4.69) is 10.3 Å². The first-order valence-electron chi connectivity index (χ1n) is 6.57. The Labute approximate surface area is 128 Å². The molecule has 1 N–H and O–H groups in total. The lowest BCUT2D eigenvalue weighted by molar-refractivity contribution is 0.0977. The fraction of sp³-hybridized carbons (Fsp3) is 0.333. The molecule has 0 fully saturated rings. The van der Waals surface area contributed by atoms with E-state index in [9.17, 15) is 4.79 Å². The zero-order valence-electron chi connectivity index (χ0n) is 12.3. The highest BCUT2D eigenvalue weighted by molar-refractivity contribution is 8.14. The van der Waals surface area contributed by atoms with Gasteiger partial charge in [-0.3, -0.25) is 9.79 Å². The van der Waals surface area contributed by atoms with Crippen LogP contribution in [-0.4, -0.2) is 37.6 Å². The minimum absolute atomic E-state index is 0.199. The molecule has 0 spiro atoms. The highest BCUT2D eigenvalue weighted by Crippen LogP contribution is 2.33. The molecule has 0 aromatic heterocycles. The van der Waals surface area contributed by atoms with Gasteiger partial charge >= 0.3 is 0 Å². The van der Waals surface area contributed by atoms with Crippen LogP contribution in [0.25, 0.3) is 6.08 Å². The number of hydrogen-bond donors (Lipinski definition) is 1. The Kier molecular flexibility index (Phi) is 5.27. The van der Waals surface area contributed by atoms with Crippen LogP contribution in [0.5, 0.6) is 11.5 Å². The predicted molar refractivity (Wildman–Crippen MR) is 86.5 cm³/mol. The molecule has 1 heterocycles. The van der Waals surface area contributed by atoms with Crippen LogP contribution in [0.4, 0.5) is 0 Å². The molecule has 0 saturated carbocycles. The second-order valence-electron chi connectivity index (χ2n) is 4.29. The molecule has 1 aromatic carbocycles. The molecule has 6 heteroatoms. The number of carbonyl (C=O) groups excluding carboxylic acids is 1. The Balaban J connectivity index is 2.34. The predicted octanol–water partition coefficient (Wildman–Crippen LogP) is 2.57. The van der Waals surface area contributed by atoms with Gasteiger partial charge in [-0.05, 0) is 19.1 Å². The standard InChI is InChI=1S/C15H18N2O3S/c1-4-5-10-8-11(9-12(19-2)13(10)20-3)14(18)17-15-16-6-7-21-15/h4-5,8-9H,6-7H2,1-3H3,(H,16,17,18)/b5-4+. The number of nitrogens with one attached hydrogen (secondary N) is 1. The van der Waals surface area contributed by atoms with E-state index in [1.54, 1.807) is 38.1 Å². The summed E-state index contributed by atoms with van der Waals surface area (Å²) < 4.78 is 10.7. The summed E-state index contributed by atoms with van der Waals surface area (Å²) >= 11 is 1.55. The second-order valence-corrected chi connectivity index (χ2v) is 5.37. The van der Waals surface area contributed by atoms with E-state index in [0.29, 0.717) is 22.2 Å². The van der Waals surface area contributed by atoms with Crippen LogP contribution in [0, 0.1) is 0 Å². The van der Waals surface area contributed by atoms with Crippen molar-refractivity contribution in [3.63, 3.8) is 0 Å². The van der Waals surface area contributed by atoms with Crippen molar-refractivity contribution in [3.8, 4) is 11.5 Å². The Hall–Kier alpha value is -1.95. The Morgan fingerprint density at radius 2 is 2.19 bits per heavy atom. The SMILES string of the molecule is C/C=C/c1cc(C(=O)NC2=NCCS2)cc(OC)c1OC. The summed E-state index contributed by atoms with van der Waals surface area (Å²) in [6.07, 6.45) is 3.76. The van der Waals surface area contributed by atoms with Crippen molar-refractivity contribution >= 4 is 28.9 Å². The molecule has 112 valence electrons. The third-order valence-corrected chi connectivity index (χ3v) is 3.81. The summed E-state index contributed by atoms with van der Waals surface area (Å²) in [6, 6.07) is 3.44. The zero-order chi connectivity index (χ0) is 15.2. The Bertz CT molecular complexity index is 597. The number of benzene rings is 1. The number of nitrogens with zero attached hydrogens (tertiary/aromatic N) is 1. The third-order valence-electron chi connectivity index (χ3n) is 2.92. The number of amidine groups is 1. The van der Waals surface area contributed by atoms with Crippen molar-refractivity contribution in [1.82, 2.24) is 5.32 Å². The van der Waals surface area contributed by atoms with Crippen LogP contribution < -0.4 is 14.8 Å². The van der Waals surface area contributed by atoms with Crippen LogP contribution in [0.2, 0.25) is 0 Å². The number of thioether (sulfide) groups is 1. The molecule has 0 atom stereocenters. The molecule has 2 rings (SSSR count). The fourth-order valence-corrected chi connectivity index (χ4v) is 2.73. The summed E-state index contributed by atoms with van der Waals surface area (Å²) in [5.74, 6) is 1.85. The van der Waals surface area contributed by atoms with Crippen LogP contribution >= 0.6 is 11.8 Å². The molecule has 5 nitrogen and oxygen atoms in total. The quantitative estimate of drug-likeness (QED) is 0.929. The van der Waals surface area contributed by atoms with Crippen LogP contribution in [-0.2, 0) is 0 Å². The summed E-state index contributed by atoms with van der Waals surface area (Å²) in [6.45, 7) is 2.65. The van der Waals surface area contributed by atoms with Gasteiger partial charge in [-0.25, -0.2) is 0 Å². The first-order chi connectivity index (χ1) is 10.2. The zero-order valence-corrected chi connectivity index (χ0v) is 13.1. The third kappa shape index (κ3) is 3.58. The highest BCUT2D eigenvalue weighted by Gasteiger charge is 2.17. The first kappa shape index (κ1) is 15.4. The number of carbonyl (C=O) groups is 1. The van der Waals surface area contributed by atoms with Crippen LogP contribution in [0.3, 0.4) is 0 Å². The number of methoxy groups -OCH3 is 2. The molecule has 21 heavy (non-hydrogen) atoms. The summed E-state index contributed by atoms with van der Waals surface area (Å²) in [7, 11) is 3.13. The second kappa shape index (κ2) is 7.17. The largest absolute Gasteiger partial charge is 0.493 e. The van der Waals surface area contributed by atoms with Crippen molar-refractivity contribution < 1.29 is 14.3 Å². The molecule has 0 saturated heterocycles. The monoisotopic (exact) mass is 306 g/mol. The van der Waals surface area contributed by atoms with Crippen molar-refractivity contribution in [2.45, 2.75) is 6.92 Å². The Morgan fingerprint density at radius 3 is 2.76 bits per heavy atom. The van der Waals surface area contributed by atoms with Gasteiger partial charge in [0.25, 0.3) is 5.91 Å².